The number of likely N-dealkylation sites (tertiary alicyclic amines) is 1. The number of carbonyl (C=O) groups is 2. The molecule has 0 radical (unpaired) electrons. The minimum absolute atomic E-state index is 0.0440. The van der Waals surface area contributed by atoms with Gasteiger partial charge in [0.05, 0.1) is 11.9 Å². The average Bonchev–Trinajstić information content (AvgIpc) is 3.08. The van der Waals surface area contributed by atoms with Crippen molar-refractivity contribution in [3.8, 4) is 0 Å². The number of nitrogens with one attached hydrogen (secondary N) is 1. The monoisotopic (exact) mass is 316 g/mol. The highest BCUT2D eigenvalue weighted by atomic mass is 16.2. The molecule has 6 heteroatoms. The number of hydrogen-bond acceptors (Lipinski definition) is 4. The van der Waals surface area contributed by atoms with E-state index in [-0.39, 0.29) is 17.7 Å². The summed E-state index contributed by atoms with van der Waals surface area (Å²) in [5.74, 6) is -0.0151. The van der Waals surface area contributed by atoms with Gasteiger partial charge < -0.3 is 10.2 Å². The lowest BCUT2D eigenvalue weighted by Gasteiger charge is -2.38. The lowest BCUT2D eigenvalue weighted by molar-refractivity contribution is -0.149. The van der Waals surface area contributed by atoms with Gasteiger partial charge in [-0.25, -0.2) is 0 Å². The summed E-state index contributed by atoms with van der Waals surface area (Å²) >= 11 is 0. The molecule has 0 bridgehead atoms. The van der Waals surface area contributed by atoms with E-state index in [0.29, 0.717) is 18.7 Å². The third kappa shape index (κ3) is 2.71. The largest absolute Gasteiger partial charge is 0.357 e. The molecule has 1 N–H and O–H groups in total. The zero-order valence-corrected chi connectivity index (χ0v) is 13.6. The van der Waals surface area contributed by atoms with E-state index in [2.05, 4.69) is 15.3 Å². The summed E-state index contributed by atoms with van der Waals surface area (Å²) in [6.45, 7) is 0.610. The average molecular weight is 316 g/mol. The Balaban J connectivity index is 1.97. The van der Waals surface area contributed by atoms with Gasteiger partial charge in [-0.2, -0.15) is 0 Å². The predicted octanol–water partition coefficient (Wildman–Crippen LogP) is 1.62. The van der Waals surface area contributed by atoms with Crippen LogP contribution in [0, 0.1) is 5.92 Å². The van der Waals surface area contributed by atoms with Gasteiger partial charge in [0.25, 0.3) is 5.91 Å². The number of amides is 2. The SMILES string of the molecule is CNC(=O)[C@@]1(c2cnccn2)CCCN1C(=O)C1CCCCC1. The van der Waals surface area contributed by atoms with E-state index in [4.69, 9.17) is 0 Å². The smallest absolute Gasteiger partial charge is 0.252 e. The molecule has 2 amide bonds. The molecule has 1 aromatic heterocycles. The van der Waals surface area contributed by atoms with E-state index < -0.39 is 5.54 Å². The third-order valence-corrected chi connectivity index (χ3v) is 5.19. The minimum Gasteiger partial charge on any atom is -0.357 e. The summed E-state index contributed by atoms with van der Waals surface area (Å²) < 4.78 is 0. The van der Waals surface area contributed by atoms with Crippen molar-refractivity contribution in [2.45, 2.75) is 50.5 Å². The van der Waals surface area contributed by atoms with E-state index in [1.54, 1.807) is 30.5 Å². The Morgan fingerprint density at radius 2 is 2.00 bits per heavy atom. The Morgan fingerprint density at radius 3 is 2.65 bits per heavy atom. The maximum absolute atomic E-state index is 13.1. The lowest BCUT2D eigenvalue weighted by atomic mass is 9.85. The van der Waals surface area contributed by atoms with Crippen LogP contribution in [0.5, 0.6) is 0 Å². The van der Waals surface area contributed by atoms with Gasteiger partial charge in [-0.05, 0) is 25.7 Å². The van der Waals surface area contributed by atoms with Gasteiger partial charge in [0.2, 0.25) is 5.91 Å². The number of carbonyl (C=O) groups excluding carboxylic acids is 2. The Hall–Kier alpha value is -1.98. The molecule has 6 nitrogen and oxygen atoms in total. The van der Waals surface area contributed by atoms with Crippen LogP contribution in [0.1, 0.15) is 50.6 Å². The van der Waals surface area contributed by atoms with Crippen molar-refractivity contribution < 1.29 is 9.59 Å². The summed E-state index contributed by atoms with van der Waals surface area (Å²) in [5, 5.41) is 2.73. The Kier molecular flexibility index (Phi) is 4.59. The molecule has 0 aromatic carbocycles. The second-order valence-corrected chi connectivity index (χ2v) is 6.46. The highest BCUT2D eigenvalue weighted by Gasteiger charge is 2.52. The van der Waals surface area contributed by atoms with Crippen LogP contribution in [0.4, 0.5) is 0 Å². The van der Waals surface area contributed by atoms with Crippen molar-refractivity contribution in [3.05, 3.63) is 24.3 Å². The molecule has 3 rings (SSSR count). The van der Waals surface area contributed by atoms with Crippen LogP contribution >= 0.6 is 0 Å². The fourth-order valence-corrected chi connectivity index (χ4v) is 4.03. The second-order valence-electron chi connectivity index (χ2n) is 6.46. The number of hydrogen-bond donors (Lipinski definition) is 1. The molecule has 2 fully saturated rings. The van der Waals surface area contributed by atoms with Crippen LogP contribution in [0.15, 0.2) is 18.6 Å². The Bertz CT molecular complexity index is 571. The van der Waals surface area contributed by atoms with Gasteiger partial charge in [-0.1, -0.05) is 19.3 Å². The van der Waals surface area contributed by atoms with Crippen LogP contribution < -0.4 is 5.32 Å². The van der Waals surface area contributed by atoms with Gasteiger partial charge in [0, 0.05) is 31.9 Å². The Morgan fingerprint density at radius 1 is 1.22 bits per heavy atom. The topological polar surface area (TPSA) is 75.2 Å². The zero-order valence-electron chi connectivity index (χ0n) is 13.6. The maximum atomic E-state index is 13.1. The molecule has 1 aliphatic heterocycles. The van der Waals surface area contributed by atoms with Crippen LogP contribution in [0.25, 0.3) is 0 Å². The normalized spacial score (nSPS) is 25.3. The number of aromatic nitrogens is 2. The molecule has 1 aliphatic carbocycles. The van der Waals surface area contributed by atoms with Crippen molar-refractivity contribution in [3.63, 3.8) is 0 Å². The molecule has 124 valence electrons. The lowest BCUT2D eigenvalue weighted by Crippen LogP contribution is -2.56. The zero-order chi connectivity index (χ0) is 16.3. The summed E-state index contributed by atoms with van der Waals surface area (Å²) in [6.07, 6.45) is 11.5. The molecule has 1 saturated heterocycles. The summed E-state index contributed by atoms with van der Waals surface area (Å²) in [5.41, 5.74) is -0.432. The molecule has 0 spiro atoms. The maximum Gasteiger partial charge on any atom is 0.252 e. The van der Waals surface area contributed by atoms with Crippen LogP contribution in [-0.4, -0.2) is 40.3 Å². The Labute approximate surface area is 136 Å². The molecule has 2 aliphatic rings. The summed E-state index contributed by atoms with van der Waals surface area (Å²) in [6, 6.07) is 0. The molecule has 1 saturated carbocycles. The standard InChI is InChI=1S/C17H24N4O2/c1-18-16(23)17(14-12-19-9-10-20-14)8-5-11-21(17)15(22)13-6-3-2-4-7-13/h9-10,12-13H,2-8,11H2,1H3,(H,18,23)/t17-/m0/s1. The van der Waals surface area contributed by atoms with Crippen molar-refractivity contribution in [1.29, 1.82) is 0 Å². The van der Waals surface area contributed by atoms with Gasteiger partial charge in [0.1, 0.15) is 0 Å². The van der Waals surface area contributed by atoms with Gasteiger partial charge in [-0.3, -0.25) is 19.6 Å². The number of likely N-dealkylation sites (N-methyl/N-ethyl adjacent to an activating group) is 1. The highest BCUT2D eigenvalue weighted by molar-refractivity contribution is 5.93. The first-order valence-electron chi connectivity index (χ1n) is 8.50. The van der Waals surface area contributed by atoms with Crippen molar-refractivity contribution >= 4 is 11.8 Å². The second kappa shape index (κ2) is 6.64. The first-order valence-corrected chi connectivity index (χ1v) is 8.50. The van der Waals surface area contributed by atoms with Crippen LogP contribution in [0.2, 0.25) is 0 Å². The van der Waals surface area contributed by atoms with Crippen molar-refractivity contribution in [2.75, 3.05) is 13.6 Å². The van der Waals surface area contributed by atoms with Gasteiger partial charge >= 0.3 is 0 Å². The quantitative estimate of drug-likeness (QED) is 0.919. The molecule has 2 heterocycles. The molecular weight excluding hydrogens is 292 g/mol. The number of rotatable bonds is 3. The first-order chi connectivity index (χ1) is 11.2. The molecule has 1 aromatic rings. The fraction of sp³-hybridized carbons (Fsp3) is 0.647. The highest BCUT2D eigenvalue weighted by Crippen LogP contribution is 2.40. The minimum atomic E-state index is -1.00. The van der Waals surface area contributed by atoms with Gasteiger partial charge in [0.15, 0.2) is 5.54 Å². The van der Waals surface area contributed by atoms with E-state index >= 15 is 0 Å². The summed E-state index contributed by atoms with van der Waals surface area (Å²) in [4.78, 5) is 36.1. The van der Waals surface area contributed by atoms with Crippen molar-refractivity contribution in [2.24, 2.45) is 5.92 Å². The number of nitrogens with zero attached hydrogens (tertiary/aromatic N) is 3. The van der Waals surface area contributed by atoms with Gasteiger partial charge in [-0.15, -0.1) is 0 Å². The molecular formula is C17H24N4O2. The van der Waals surface area contributed by atoms with Crippen LogP contribution in [-0.2, 0) is 15.1 Å². The molecule has 1 atom stereocenters. The van der Waals surface area contributed by atoms with Crippen molar-refractivity contribution in [1.82, 2.24) is 20.2 Å². The van der Waals surface area contributed by atoms with E-state index in [9.17, 15) is 9.59 Å². The molecule has 0 unspecified atom stereocenters. The van der Waals surface area contributed by atoms with E-state index in [1.165, 1.54) is 6.42 Å². The predicted molar refractivity (Wildman–Crippen MR) is 85.3 cm³/mol. The summed E-state index contributed by atoms with van der Waals surface area (Å²) in [7, 11) is 1.61. The third-order valence-electron chi connectivity index (χ3n) is 5.19. The van der Waals surface area contributed by atoms with E-state index in [1.807, 2.05) is 0 Å². The first kappa shape index (κ1) is 15.9. The van der Waals surface area contributed by atoms with Crippen LogP contribution in [0.3, 0.4) is 0 Å². The molecule has 23 heavy (non-hydrogen) atoms. The van der Waals surface area contributed by atoms with E-state index in [0.717, 1.165) is 32.1 Å². The fourth-order valence-electron chi connectivity index (χ4n) is 4.03.